The Morgan fingerprint density at radius 1 is 1.21 bits per heavy atom. The molecule has 0 spiro atoms. The summed E-state index contributed by atoms with van der Waals surface area (Å²) in [7, 11) is 0. The van der Waals surface area contributed by atoms with E-state index in [1.807, 2.05) is 0 Å². The largest absolute Gasteiger partial charge is 0.314 e. The van der Waals surface area contributed by atoms with E-state index in [4.69, 9.17) is 4.98 Å². The summed E-state index contributed by atoms with van der Waals surface area (Å²) in [6.07, 6.45) is 1.13. The Morgan fingerprint density at radius 3 is 2.63 bits per heavy atom. The van der Waals surface area contributed by atoms with Gasteiger partial charge in [0.1, 0.15) is 0 Å². The van der Waals surface area contributed by atoms with E-state index in [9.17, 15) is 0 Å². The van der Waals surface area contributed by atoms with E-state index in [0.717, 1.165) is 18.5 Å². The van der Waals surface area contributed by atoms with E-state index < -0.39 is 0 Å². The van der Waals surface area contributed by atoms with Crippen LogP contribution >= 0.6 is 0 Å². The Balaban J connectivity index is 2.40. The third kappa shape index (κ3) is 2.95. The van der Waals surface area contributed by atoms with Gasteiger partial charge in [0, 0.05) is 23.0 Å². The van der Waals surface area contributed by atoms with Crippen LogP contribution in [0.5, 0.6) is 0 Å². The number of nitrogens with zero attached hydrogens (tertiary/aromatic N) is 1. The number of likely N-dealkylation sites (N-methyl/N-ethyl adjacent to an activating group) is 1. The van der Waals surface area contributed by atoms with Crippen molar-refractivity contribution in [2.45, 2.75) is 46.1 Å². The average molecular weight is 256 g/mol. The van der Waals surface area contributed by atoms with Gasteiger partial charge < -0.3 is 5.32 Å². The first kappa shape index (κ1) is 14.0. The molecule has 2 aromatic rings. The number of nitrogens with one attached hydrogen (secondary N) is 1. The van der Waals surface area contributed by atoms with Crippen molar-refractivity contribution in [3.63, 3.8) is 0 Å². The van der Waals surface area contributed by atoms with Crippen molar-refractivity contribution in [2.24, 2.45) is 0 Å². The summed E-state index contributed by atoms with van der Waals surface area (Å²) in [6.45, 7) is 9.86. The molecule has 1 aromatic heterocycles. The van der Waals surface area contributed by atoms with Crippen LogP contribution in [0.15, 0.2) is 30.3 Å². The van der Waals surface area contributed by atoms with Crippen LogP contribution < -0.4 is 5.32 Å². The number of para-hydroxylation sites is 1. The van der Waals surface area contributed by atoms with E-state index in [1.165, 1.54) is 16.6 Å². The fraction of sp³-hybridized carbons (Fsp3) is 0.471. The number of fused-ring (bicyclic) bond motifs is 1. The molecule has 0 amide bonds. The Bertz CT molecular complexity index is 548. The second-order valence-electron chi connectivity index (χ2n) is 5.24. The van der Waals surface area contributed by atoms with Gasteiger partial charge in [0.15, 0.2) is 0 Å². The molecule has 0 aliphatic heterocycles. The molecule has 0 fully saturated rings. The van der Waals surface area contributed by atoms with Crippen molar-refractivity contribution in [3.8, 4) is 0 Å². The van der Waals surface area contributed by atoms with Crippen LogP contribution in [0.1, 0.15) is 44.4 Å². The van der Waals surface area contributed by atoms with Gasteiger partial charge in [0.05, 0.1) is 5.52 Å². The van der Waals surface area contributed by atoms with Crippen molar-refractivity contribution in [1.29, 1.82) is 0 Å². The molecule has 2 rings (SSSR count). The number of pyridine rings is 1. The molecule has 2 nitrogen and oxygen atoms in total. The number of hydrogen-bond acceptors (Lipinski definition) is 2. The minimum absolute atomic E-state index is 0.439. The van der Waals surface area contributed by atoms with Crippen LogP contribution in [-0.4, -0.2) is 17.6 Å². The zero-order chi connectivity index (χ0) is 13.8. The van der Waals surface area contributed by atoms with E-state index in [2.05, 4.69) is 63.3 Å². The number of hydrogen-bond donors (Lipinski definition) is 1. The van der Waals surface area contributed by atoms with Crippen molar-refractivity contribution in [1.82, 2.24) is 10.3 Å². The summed E-state index contributed by atoms with van der Waals surface area (Å²) in [5.74, 6) is 0.439. The van der Waals surface area contributed by atoms with Crippen molar-refractivity contribution >= 4 is 10.9 Å². The lowest BCUT2D eigenvalue weighted by molar-refractivity contribution is 0.442. The molecule has 102 valence electrons. The van der Waals surface area contributed by atoms with Gasteiger partial charge in [-0.2, -0.15) is 0 Å². The van der Waals surface area contributed by atoms with Gasteiger partial charge in [-0.1, -0.05) is 39.0 Å². The number of benzene rings is 1. The summed E-state index contributed by atoms with van der Waals surface area (Å²) in [5.41, 5.74) is 3.62. The quantitative estimate of drug-likeness (QED) is 0.873. The van der Waals surface area contributed by atoms with E-state index in [0.29, 0.717) is 12.0 Å². The van der Waals surface area contributed by atoms with Gasteiger partial charge in [0.2, 0.25) is 0 Å². The minimum Gasteiger partial charge on any atom is -0.314 e. The van der Waals surface area contributed by atoms with Crippen LogP contribution in [0.4, 0.5) is 0 Å². The molecule has 2 atom stereocenters. The normalized spacial score (nSPS) is 14.5. The molecule has 1 heterocycles. The summed E-state index contributed by atoms with van der Waals surface area (Å²) in [4.78, 5) is 4.89. The van der Waals surface area contributed by atoms with E-state index in [-0.39, 0.29) is 0 Å². The Morgan fingerprint density at radius 2 is 1.95 bits per heavy atom. The summed E-state index contributed by atoms with van der Waals surface area (Å²) in [5, 5.41) is 4.79. The summed E-state index contributed by atoms with van der Waals surface area (Å²) in [6, 6.07) is 11.1. The smallest absolute Gasteiger partial charge is 0.0705 e. The lowest BCUT2D eigenvalue weighted by Crippen LogP contribution is -2.33. The Labute approximate surface area is 116 Å². The number of rotatable bonds is 5. The molecule has 0 bridgehead atoms. The average Bonchev–Trinajstić information content (AvgIpc) is 2.43. The molecular weight excluding hydrogens is 232 g/mol. The first-order valence-corrected chi connectivity index (χ1v) is 7.27. The first-order chi connectivity index (χ1) is 9.17. The maximum Gasteiger partial charge on any atom is 0.0705 e. The molecular formula is C17H24N2. The highest BCUT2D eigenvalue weighted by atomic mass is 14.9. The molecule has 0 aliphatic rings. The third-order valence-electron chi connectivity index (χ3n) is 3.89. The second kappa shape index (κ2) is 6.16. The molecule has 1 N–H and O–H groups in total. The maximum absolute atomic E-state index is 4.89. The van der Waals surface area contributed by atoms with Gasteiger partial charge in [0.25, 0.3) is 0 Å². The third-order valence-corrected chi connectivity index (χ3v) is 3.89. The highest BCUT2D eigenvalue weighted by molar-refractivity contribution is 5.79. The SMILES string of the molecule is CCNC(CC)C(C)c1nc2ccccc2cc1C. The van der Waals surface area contributed by atoms with Gasteiger partial charge in [-0.3, -0.25) is 4.98 Å². The topological polar surface area (TPSA) is 24.9 Å². The number of aromatic nitrogens is 1. The highest BCUT2D eigenvalue weighted by Crippen LogP contribution is 2.25. The Hall–Kier alpha value is -1.41. The fourth-order valence-electron chi connectivity index (χ4n) is 2.82. The van der Waals surface area contributed by atoms with Crippen LogP contribution in [0.3, 0.4) is 0 Å². The minimum atomic E-state index is 0.439. The van der Waals surface area contributed by atoms with Gasteiger partial charge in [-0.25, -0.2) is 0 Å². The van der Waals surface area contributed by atoms with Crippen LogP contribution in [0.25, 0.3) is 10.9 Å². The standard InChI is InChI=1S/C17H24N2/c1-5-15(18-6-2)13(4)17-12(3)11-14-9-7-8-10-16(14)19-17/h7-11,13,15,18H,5-6H2,1-4H3. The first-order valence-electron chi connectivity index (χ1n) is 7.27. The van der Waals surface area contributed by atoms with Gasteiger partial charge in [-0.05, 0) is 37.6 Å². The van der Waals surface area contributed by atoms with Crippen LogP contribution in [0, 0.1) is 6.92 Å². The maximum atomic E-state index is 4.89. The van der Waals surface area contributed by atoms with Gasteiger partial charge >= 0.3 is 0 Å². The second-order valence-corrected chi connectivity index (χ2v) is 5.24. The predicted molar refractivity (Wildman–Crippen MR) is 82.7 cm³/mol. The molecule has 0 saturated carbocycles. The molecule has 2 heteroatoms. The lowest BCUT2D eigenvalue weighted by atomic mass is 9.92. The zero-order valence-electron chi connectivity index (χ0n) is 12.4. The van der Waals surface area contributed by atoms with Crippen LogP contribution in [-0.2, 0) is 0 Å². The Kier molecular flexibility index (Phi) is 4.54. The van der Waals surface area contributed by atoms with Crippen molar-refractivity contribution < 1.29 is 0 Å². The number of aryl methyl sites for hydroxylation is 1. The molecule has 1 aromatic carbocycles. The summed E-state index contributed by atoms with van der Waals surface area (Å²) < 4.78 is 0. The van der Waals surface area contributed by atoms with Crippen LogP contribution in [0.2, 0.25) is 0 Å². The molecule has 0 saturated heterocycles. The molecule has 0 radical (unpaired) electrons. The summed E-state index contributed by atoms with van der Waals surface area (Å²) >= 11 is 0. The highest BCUT2D eigenvalue weighted by Gasteiger charge is 2.19. The molecule has 2 unspecified atom stereocenters. The molecule has 0 aliphatic carbocycles. The van der Waals surface area contributed by atoms with E-state index >= 15 is 0 Å². The van der Waals surface area contributed by atoms with Crippen molar-refractivity contribution in [3.05, 3.63) is 41.6 Å². The zero-order valence-corrected chi connectivity index (χ0v) is 12.4. The van der Waals surface area contributed by atoms with Gasteiger partial charge in [-0.15, -0.1) is 0 Å². The fourth-order valence-corrected chi connectivity index (χ4v) is 2.82. The van der Waals surface area contributed by atoms with E-state index in [1.54, 1.807) is 0 Å². The monoisotopic (exact) mass is 256 g/mol. The van der Waals surface area contributed by atoms with Crippen molar-refractivity contribution in [2.75, 3.05) is 6.54 Å². The molecule has 19 heavy (non-hydrogen) atoms. The predicted octanol–water partition coefficient (Wildman–Crippen LogP) is 4.03. The lowest BCUT2D eigenvalue weighted by Gasteiger charge is -2.24.